The average Bonchev–Trinajstić information content (AvgIpc) is 3.11. The number of sulfone groups is 1. The number of rotatable bonds is 7. The normalized spacial score (nSPS) is 11.4. The van der Waals surface area contributed by atoms with Crippen molar-refractivity contribution in [1.82, 2.24) is 0 Å². The molecule has 3 rings (SSSR count). The zero-order valence-corrected chi connectivity index (χ0v) is 15.2. The second kappa shape index (κ2) is 8.22. The Morgan fingerprint density at radius 1 is 1.00 bits per heavy atom. The van der Waals surface area contributed by atoms with Gasteiger partial charge in [0.2, 0.25) is 0 Å². The summed E-state index contributed by atoms with van der Waals surface area (Å²) < 4.78 is 58.5. The summed E-state index contributed by atoms with van der Waals surface area (Å²) >= 11 is 0. The molecule has 0 aliphatic rings. The molecule has 0 radical (unpaired) electrons. The number of ether oxygens (including phenoxy) is 1. The molecule has 0 fully saturated rings. The lowest BCUT2D eigenvalue weighted by Gasteiger charge is -2.06. The zero-order valence-electron chi connectivity index (χ0n) is 14.3. The van der Waals surface area contributed by atoms with Gasteiger partial charge in [-0.1, -0.05) is 18.2 Å². The molecule has 0 unspecified atom stereocenters. The van der Waals surface area contributed by atoms with Crippen LogP contribution in [0.2, 0.25) is 0 Å². The topological polar surface area (TPSA) is 85.6 Å². The van der Waals surface area contributed by atoms with Crippen LogP contribution in [0.1, 0.15) is 16.3 Å². The van der Waals surface area contributed by atoms with E-state index < -0.39 is 22.4 Å². The maximum absolute atomic E-state index is 12.4. The van der Waals surface area contributed by atoms with Crippen LogP contribution in [0.5, 0.6) is 5.75 Å². The fourth-order valence-corrected chi connectivity index (χ4v) is 3.66. The summed E-state index contributed by atoms with van der Waals surface area (Å²) in [6.45, 7) is -2.94. The Kier molecular flexibility index (Phi) is 5.74. The fraction of sp³-hybridized carbons (Fsp3) is 0.105. The van der Waals surface area contributed by atoms with Crippen LogP contribution in [-0.4, -0.2) is 20.9 Å². The summed E-state index contributed by atoms with van der Waals surface area (Å²) in [5, 5.41) is 2.52. The average molecular weight is 407 g/mol. The van der Waals surface area contributed by atoms with Crippen molar-refractivity contribution in [2.45, 2.75) is 17.3 Å². The molecule has 1 aromatic heterocycles. The van der Waals surface area contributed by atoms with Gasteiger partial charge in [0.05, 0.1) is 4.90 Å². The molecular formula is C19H15F2NO5S. The Hall–Kier alpha value is -3.20. The lowest BCUT2D eigenvalue weighted by molar-refractivity contribution is -0.0498. The van der Waals surface area contributed by atoms with Crippen molar-refractivity contribution >= 4 is 21.4 Å². The van der Waals surface area contributed by atoms with Crippen molar-refractivity contribution in [3.63, 3.8) is 0 Å². The number of benzene rings is 2. The van der Waals surface area contributed by atoms with Crippen LogP contribution in [-0.2, 0) is 15.6 Å². The van der Waals surface area contributed by atoms with Gasteiger partial charge in [0, 0.05) is 5.69 Å². The second-order valence-corrected chi connectivity index (χ2v) is 7.68. The number of hydrogen-bond donors (Lipinski definition) is 1. The van der Waals surface area contributed by atoms with Crippen LogP contribution in [0.25, 0.3) is 0 Å². The number of amides is 1. The van der Waals surface area contributed by atoms with E-state index in [1.165, 1.54) is 48.5 Å². The summed E-state index contributed by atoms with van der Waals surface area (Å²) in [5.41, 5.74) is 0.335. The number of nitrogens with one attached hydrogen (secondary N) is 1. The van der Waals surface area contributed by atoms with E-state index in [-0.39, 0.29) is 27.9 Å². The molecule has 0 bridgehead atoms. The molecule has 0 aliphatic carbocycles. The second-order valence-electron chi connectivity index (χ2n) is 5.70. The molecule has 1 amide bonds. The van der Waals surface area contributed by atoms with Gasteiger partial charge < -0.3 is 14.5 Å². The summed E-state index contributed by atoms with van der Waals surface area (Å²) in [6.07, 6.45) is 0. The van der Waals surface area contributed by atoms with Gasteiger partial charge in [0.15, 0.2) is 15.6 Å². The third-order valence-electron chi connectivity index (χ3n) is 3.66. The SMILES string of the molecule is O=C(Nc1ccc(OC(F)F)cc1)c1ccc(CS(=O)(=O)c2ccccc2)o1. The third kappa shape index (κ3) is 4.95. The van der Waals surface area contributed by atoms with E-state index in [0.29, 0.717) is 5.69 Å². The fourth-order valence-electron chi connectivity index (χ4n) is 2.39. The lowest BCUT2D eigenvalue weighted by Crippen LogP contribution is -2.11. The molecule has 0 spiro atoms. The first kappa shape index (κ1) is 19.6. The van der Waals surface area contributed by atoms with Crippen LogP contribution < -0.4 is 10.1 Å². The number of hydrogen-bond acceptors (Lipinski definition) is 5. The van der Waals surface area contributed by atoms with E-state index in [1.807, 2.05) is 0 Å². The predicted octanol–water partition coefficient (Wildman–Crippen LogP) is 4.11. The third-order valence-corrected chi connectivity index (χ3v) is 5.31. The molecule has 0 atom stereocenters. The van der Waals surface area contributed by atoms with Crippen molar-refractivity contribution in [1.29, 1.82) is 0 Å². The van der Waals surface area contributed by atoms with Crippen molar-refractivity contribution in [2.24, 2.45) is 0 Å². The maximum Gasteiger partial charge on any atom is 0.387 e. The molecule has 0 saturated heterocycles. The smallest absolute Gasteiger partial charge is 0.387 e. The van der Waals surface area contributed by atoms with Gasteiger partial charge in [-0.15, -0.1) is 0 Å². The summed E-state index contributed by atoms with van der Waals surface area (Å²) in [7, 11) is -3.60. The predicted molar refractivity (Wildman–Crippen MR) is 97.1 cm³/mol. The Labute approximate surface area is 159 Å². The Morgan fingerprint density at radius 3 is 2.32 bits per heavy atom. The van der Waals surface area contributed by atoms with Gasteiger partial charge in [-0.05, 0) is 48.5 Å². The quantitative estimate of drug-likeness (QED) is 0.637. The highest BCUT2D eigenvalue weighted by Gasteiger charge is 2.19. The highest BCUT2D eigenvalue weighted by molar-refractivity contribution is 7.90. The van der Waals surface area contributed by atoms with Gasteiger partial charge in [-0.3, -0.25) is 4.79 Å². The standard InChI is InChI=1S/C19H15F2NO5S/c20-19(21)27-14-8-6-13(7-9-14)22-18(23)17-11-10-15(26-17)12-28(24,25)16-4-2-1-3-5-16/h1-11,19H,12H2,(H,22,23). The van der Waals surface area contributed by atoms with Gasteiger partial charge in [-0.2, -0.15) is 8.78 Å². The Morgan fingerprint density at radius 2 is 1.68 bits per heavy atom. The molecule has 28 heavy (non-hydrogen) atoms. The monoisotopic (exact) mass is 407 g/mol. The molecule has 0 aliphatic heterocycles. The first-order chi connectivity index (χ1) is 13.3. The highest BCUT2D eigenvalue weighted by Crippen LogP contribution is 2.20. The molecule has 3 aromatic rings. The number of alkyl halides is 2. The van der Waals surface area contributed by atoms with Crippen molar-refractivity contribution in [3.8, 4) is 5.75 Å². The minimum absolute atomic E-state index is 0.0422. The highest BCUT2D eigenvalue weighted by atomic mass is 32.2. The molecule has 0 saturated carbocycles. The van der Waals surface area contributed by atoms with Gasteiger partial charge >= 0.3 is 6.61 Å². The minimum Gasteiger partial charge on any atom is -0.455 e. The van der Waals surface area contributed by atoms with Crippen LogP contribution in [0.3, 0.4) is 0 Å². The Bertz CT molecular complexity index is 1050. The summed E-state index contributed by atoms with van der Waals surface area (Å²) in [5.74, 6) is -0.990. The molecule has 6 nitrogen and oxygen atoms in total. The maximum atomic E-state index is 12.4. The molecule has 1 N–H and O–H groups in total. The molecule has 2 aromatic carbocycles. The minimum atomic E-state index is -3.60. The Balaban J connectivity index is 1.65. The number of carbonyl (C=O) groups is 1. The van der Waals surface area contributed by atoms with Gasteiger partial charge in [-0.25, -0.2) is 8.42 Å². The van der Waals surface area contributed by atoms with Crippen molar-refractivity contribution in [2.75, 3.05) is 5.32 Å². The zero-order chi connectivity index (χ0) is 20.1. The van der Waals surface area contributed by atoms with E-state index >= 15 is 0 Å². The first-order valence-electron chi connectivity index (χ1n) is 8.06. The molecule has 9 heteroatoms. The van der Waals surface area contributed by atoms with Crippen LogP contribution in [0.4, 0.5) is 14.5 Å². The largest absolute Gasteiger partial charge is 0.455 e. The molecule has 1 heterocycles. The van der Waals surface area contributed by atoms with Crippen LogP contribution >= 0.6 is 0 Å². The summed E-state index contributed by atoms with van der Waals surface area (Å²) in [6, 6.07) is 16.0. The van der Waals surface area contributed by atoms with Crippen LogP contribution in [0.15, 0.2) is 76.0 Å². The molecular weight excluding hydrogens is 392 g/mol. The first-order valence-corrected chi connectivity index (χ1v) is 9.71. The lowest BCUT2D eigenvalue weighted by atomic mass is 10.3. The van der Waals surface area contributed by atoms with E-state index in [4.69, 9.17) is 4.42 Å². The number of halogens is 2. The van der Waals surface area contributed by atoms with Crippen LogP contribution in [0, 0.1) is 0 Å². The van der Waals surface area contributed by atoms with Gasteiger partial charge in [0.1, 0.15) is 17.3 Å². The van der Waals surface area contributed by atoms with E-state index in [2.05, 4.69) is 10.1 Å². The van der Waals surface area contributed by atoms with E-state index in [1.54, 1.807) is 18.2 Å². The van der Waals surface area contributed by atoms with Crippen molar-refractivity contribution in [3.05, 3.63) is 78.3 Å². The summed E-state index contributed by atoms with van der Waals surface area (Å²) in [4.78, 5) is 12.4. The number of anilines is 1. The van der Waals surface area contributed by atoms with Crippen molar-refractivity contribution < 1.29 is 31.1 Å². The molecule has 146 valence electrons. The number of carbonyl (C=O) groups excluding carboxylic acids is 1. The van der Waals surface area contributed by atoms with Gasteiger partial charge in [0.25, 0.3) is 5.91 Å². The van der Waals surface area contributed by atoms with E-state index in [9.17, 15) is 22.0 Å². The van der Waals surface area contributed by atoms with E-state index in [0.717, 1.165) is 0 Å². The number of furan rings is 1.